The molecule has 1 aromatic heterocycles. The summed E-state index contributed by atoms with van der Waals surface area (Å²) in [5.74, 6) is 0.255. The van der Waals surface area contributed by atoms with Gasteiger partial charge in [-0.1, -0.05) is 6.92 Å². The van der Waals surface area contributed by atoms with Gasteiger partial charge < -0.3 is 4.74 Å². The summed E-state index contributed by atoms with van der Waals surface area (Å²) in [6.45, 7) is 2.14. The molecule has 3 heteroatoms. The van der Waals surface area contributed by atoms with E-state index >= 15 is 0 Å². The average molecular weight is 238 g/mol. The number of rotatable bonds is 5. The van der Waals surface area contributed by atoms with Crippen LogP contribution in [0.3, 0.4) is 0 Å². The van der Waals surface area contributed by atoms with Crippen LogP contribution in [0.2, 0.25) is 0 Å². The highest BCUT2D eigenvalue weighted by Crippen LogP contribution is 2.37. The Kier molecular flexibility index (Phi) is 3.45. The first-order valence-corrected chi connectivity index (χ1v) is 6.68. The number of aryl methyl sites for hydroxylation is 1. The third-order valence-electron chi connectivity index (χ3n) is 3.46. The van der Waals surface area contributed by atoms with E-state index in [1.54, 1.807) is 18.4 Å². The van der Waals surface area contributed by atoms with Crippen LogP contribution in [0.25, 0.3) is 0 Å². The molecule has 0 radical (unpaired) electrons. The highest BCUT2D eigenvalue weighted by Gasteiger charge is 2.43. The highest BCUT2D eigenvalue weighted by atomic mass is 32.1. The van der Waals surface area contributed by atoms with Crippen molar-refractivity contribution in [3.05, 3.63) is 21.9 Å². The zero-order chi connectivity index (χ0) is 11.6. The predicted molar refractivity (Wildman–Crippen MR) is 66.0 cm³/mol. The van der Waals surface area contributed by atoms with Crippen LogP contribution in [0.1, 0.15) is 35.9 Å². The predicted octanol–water partition coefficient (Wildman–Crippen LogP) is 2.99. The normalized spacial score (nSPS) is 18.1. The number of methoxy groups -OCH3 is 1. The summed E-state index contributed by atoms with van der Waals surface area (Å²) in [6, 6.07) is 4.19. The second-order valence-electron chi connectivity index (χ2n) is 4.37. The molecule has 0 aliphatic heterocycles. The molecule has 1 aliphatic carbocycles. The van der Waals surface area contributed by atoms with Gasteiger partial charge in [0.25, 0.3) is 0 Å². The number of Topliss-reactive ketones (excluding diaryl/α,β-unsaturated/α-hetero) is 1. The van der Waals surface area contributed by atoms with Crippen LogP contribution in [0, 0.1) is 0 Å². The zero-order valence-electron chi connectivity index (χ0n) is 9.91. The van der Waals surface area contributed by atoms with Gasteiger partial charge >= 0.3 is 0 Å². The molecule has 2 rings (SSSR count). The van der Waals surface area contributed by atoms with Crippen LogP contribution < -0.4 is 0 Å². The Hall–Kier alpha value is -0.670. The molecule has 1 aliphatic rings. The minimum Gasteiger partial charge on any atom is -0.370 e. The van der Waals surface area contributed by atoms with Crippen molar-refractivity contribution >= 4 is 17.1 Å². The number of thiophene rings is 1. The molecule has 0 unspecified atom stereocenters. The minimum absolute atomic E-state index is 0.255. The summed E-state index contributed by atoms with van der Waals surface area (Å²) in [4.78, 5) is 14.6. The first-order chi connectivity index (χ1) is 7.70. The van der Waals surface area contributed by atoms with Gasteiger partial charge in [0.1, 0.15) is 5.60 Å². The van der Waals surface area contributed by atoms with Crippen LogP contribution in [0.15, 0.2) is 12.1 Å². The van der Waals surface area contributed by atoms with Gasteiger partial charge in [-0.05, 0) is 37.8 Å². The smallest absolute Gasteiger partial charge is 0.169 e. The fourth-order valence-corrected chi connectivity index (χ4v) is 3.08. The quantitative estimate of drug-likeness (QED) is 0.788. The van der Waals surface area contributed by atoms with Gasteiger partial charge in [-0.2, -0.15) is 0 Å². The van der Waals surface area contributed by atoms with E-state index in [-0.39, 0.29) is 5.78 Å². The summed E-state index contributed by atoms with van der Waals surface area (Å²) < 4.78 is 5.40. The molecule has 1 saturated carbocycles. The summed E-state index contributed by atoms with van der Waals surface area (Å²) in [5, 5.41) is 0. The largest absolute Gasteiger partial charge is 0.370 e. The van der Waals surface area contributed by atoms with Gasteiger partial charge in [0, 0.05) is 23.3 Å². The van der Waals surface area contributed by atoms with Crippen molar-refractivity contribution < 1.29 is 9.53 Å². The van der Waals surface area contributed by atoms with Crippen molar-refractivity contribution in [2.75, 3.05) is 7.11 Å². The molecule has 1 fully saturated rings. The van der Waals surface area contributed by atoms with Gasteiger partial charge in [0.2, 0.25) is 0 Å². The molecule has 0 aromatic carbocycles. The molecule has 0 bridgehead atoms. The maximum Gasteiger partial charge on any atom is 0.169 e. The van der Waals surface area contributed by atoms with E-state index in [0.717, 1.165) is 25.7 Å². The summed E-state index contributed by atoms with van der Waals surface area (Å²) in [5.41, 5.74) is -0.448. The molecule has 1 heterocycles. The number of carbonyl (C=O) groups is 1. The number of carbonyl (C=O) groups excluding carboxylic acids is 1. The average Bonchev–Trinajstić information content (AvgIpc) is 2.64. The SMILES string of the molecule is CCc1ccc(CC(=O)C2(OC)CCC2)s1. The molecule has 2 nitrogen and oxygen atoms in total. The molecule has 0 amide bonds. The van der Waals surface area contributed by atoms with Gasteiger partial charge in [-0.25, -0.2) is 0 Å². The molecule has 88 valence electrons. The third kappa shape index (κ3) is 2.06. The van der Waals surface area contributed by atoms with Crippen LogP contribution in [0.5, 0.6) is 0 Å². The molecular formula is C13H18O2S. The Balaban J connectivity index is 2.01. The lowest BCUT2D eigenvalue weighted by molar-refractivity contribution is -0.150. The Labute approximate surface area is 101 Å². The second-order valence-corrected chi connectivity index (χ2v) is 5.63. The summed E-state index contributed by atoms with van der Waals surface area (Å²) >= 11 is 1.75. The standard InChI is InChI=1S/C13H18O2S/c1-3-10-5-6-11(16-10)9-12(14)13(15-2)7-4-8-13/h5-6H,3-4,7-9H2,1-2H3. The van der Waals surface area contributed by atoms with Crippen molar-refractivity contribution in [3.8, 4) is 0 Å². The molecule has 16 heavy (non-hydrogen) atoms. The van der Waals surface area contributed by atoms with Gasteiger partial charge in [-0.3, -0.25) is 4.79 Å². The minimum atomic E-state index is -0.448. The van der Waals surface area contributed by atoms with Gasteiger partial charge in [-0.15, -0.1) is 11.3 Å². The number of ether oxygens (including phenoxy) is 1. The lowest BCUT2D eigenvalue weighted by Crippen LogP contribution is -2.47. The fourth-order valence-electron chi connectivity index (χ4n) is 2.12. The number of hydrogen-bond acceptors (Lipinski definition) is 3. The molecule has 0 N–H and O–H groups in total. The van der Waals surface area contributed by atoms with E-state index in [2.05, 4.69) is 19.1 Å². The fraction of sp³-hybridized carbons (Fsp3) is 0.615. The molecule has 1 aromatic rings. The van der Waals surface area contributed by atoms with Crippen LogP contribution >= 0.6 is 11.3 Å². The topological polar surface area (TPSA) is 26.3 Å². The van der Waals surface area contributed by atoms with E-state index in [0.29, 0.717) is 6.42 Å². The summed E-state index contributed by atoms with van der Waals surface area (Å²) in [6.07, 6.45) is 4.50. The van der Waals surface area contributed by atoms with Crippen molar-refractivity contribution in [2.45, 2.75) is 44.6 Å². The Bertz CT molecular complexity index is 372. The van der Waals surface area contributed by atoms with Crippen molar-refractivity contribution in [3.63, 3.8) is 0 Å². The third-order valence-corrected chi connectivity index (χ3v) is 4.69. The Morgan fingerprint density at radius 3 is 2.56 bits per heavy atom. The van der Waals surface area contributed by atoms with Crippen molar-refractivity contribution in [2.24, 2.45) is 0 Å². The van der Waals surface area contributed by atoms with E-state index in [9.17, 15) is 4.79 Å². The van der Waals surface area contributed by atoms with E-state index in [4.69, 9.17) is 4.74 Å². The van der Waals surface area contributed by atoms with E-state index in [1.165, 1.54) is 9.75 Å². The second kappa shape index (κ2) is 4.68. The van der Waals surface area contributed by atoms with Crippen molar-refractivity contribution in [1.82, 2.24) is 0 Å². The number of hydrogen-bond donors (Lipinski definition) is 0. The first kappa shape index (κ1) is 11.8. The van der Waals surface area contributed by atoms with Gasteiger partial charge in [0.15, 0.2) is 5.78 Å². The summed E-state index contributed by atoms with van der Waals surface area (Å²) in [7, 11) is 1.66. The first-order valence-electron chi connectivity index (χ1n) is 5.86. The zero-order valence-corrected chi connectivity index (χ0v) is 10.7. The Morgan fingerprint density at radius 2 is 2.12 bits per heavy atom. The van der Waals surface area contributed by atoms with E-state index < -0.39 is 5.60 Å². The molecular weight excluding hydrogens is 220 g/mol. The van der Waals surface area contributed by atoms with Gasteiger partial charge in [0.05, 0.1) is 0 Å². The molecule has 0 atom stereocenters. The maximum absolute atomic E-state index is 12.1. The van der Waals surface area contributed by atoms with E-state index in [1.807, 2.05) is 0 Å². The number of ketones is 1. The highest BCUT2D eigenvalue weighted by molar-refractivity contribution is 7.12. The lowest BCUT2D eigenvalue weighted by Gasteiger charge is -2.38. The Morgan fingerprint density at radius 1 is 1.44 bits per heavy atom. The molecule has 0 spiro atoms. The van der Waals surface area contributed by atoms with Crippen LogP contribution in [-0.2, 0) is 22.4 Å². The van der Waals surface area contributed by atoms with Crippen molar-refractivity contribution in [1.29, 1.82) is 0 Å². The monoisotopic (exact) mass is 238 g/mol. The maximum atomic E-state index is 12.1. The molecule has 0 saturated heterocycles. The van der Waals surface area contributed by atoms with Crippen LogP contribution in [0.4, 0.5) is 0 Å². The van der Waals surface area contributed by atoms with Crippen LogP contribution in [-0.4, -0.2) is 18.5 Å². The lowest BCUT2D eigenvalue weighted by atomic mass is 9.76.